The van der Waals surface area contributed by atoms with Crippen LogP contribution in [-0.4, -0.2) is 64.6 Å². The Labute approximate surface area is 245 Å². The summed E-state index contributed by atoms with van der Waals surface area (Å²) in [6.45, 7) is 9.35. The Bertz CT molecular complexity index is 1270. The van der Waals surface area contributed by atoms with Crippen LogP contribution in [0.4, 0.5) is 9.93 Å². The van der Waals surface area contributed by atoms with Gasteiger partial charge in [-0.05, 0) is 70.9 Å². The molecule has 1 aromatic carbocycles. The number of amides is 3. The van der Waals surface area contributed by atoms with Crippen LogP contribution >= 0.6 is 11.3 Å². The molecule has 4 rings (SSSR count). The quantitative estimate of drug-likeness (QED) is 0.362. The summed E-state index contributed by atoms with van der Waals surface area (Å²) in [5, 5.41) is 21.2. The predicted molar refractivity (Wildman–Crippen MR) is 158 cm³/mol. The van der Waals surface area contributed by atoms with Gasteiger partial charge in [-0.15, -0.1) is 11.3 Å². The highest BCUT2D eigenvalue weighted by Crippen LogP contribution is 2.34. The van der Waals surface area contributed by atoms with E-state index in [9.17, 15) is 14.4 Å². The summed E-state index contributed by atoms with van der Waals surface area (Å²) in [4.78, 5) is 43.5. The molecular weight excluding hydrogens is 540 g/mol. The van der Waals surface area contributed by atoms with Crippen molar-refractivity contribution in [3.8, 4) is 17.3 Å². The van der Waals surface area contributed by atoms with Crippen molar-refractivity contribution in [2.75, 3.05) is 25.0 Å². The third kappa shape index (κ3) is 8.92. The van der Waals surface area contributed by atoms with Crippen LogP contribution in [0.5, 0.6) is 0 Å². The standard InChI is InChI=1S/C30H40N6O4S/c1-20(17-25(37)35-30(19-31)12-13-30)9-14-32-26(38)22-7-5-21(6-8-22)24-18-41-27(34-24)33-23-10-15-36(16-11-23)28(39)40-29(2,3)4/h5-8,18,20,23H,9-17H2,1-4H3,(H,32,38)(H,33,34)(H,35,37). The molecule has 3 N–H and O–H groups in total. The van der Waals surface area contributed by atoms with Gasteiger partial charge in [-0.25, -0.2) is 9.78 Å². The number of thiazole rings is 1. The van der Waals surface area contributed by atoms with E-state index in [0.29, 0.717) is 38.0 Å². The molecule has 1 unspecified atom stereocenters. The first-order valence-electron chi connectivity index (χ1n) is 14.3. The van der Waals surface area contributed by atoms with Crippen LogP contribution in [0.2, 0.25) is 0 Å². The molecule has 1 aliphatic carbocycles. The second-order valence-corrected chi connectivity index (χ2v) is 13.0. The first kappa shape index (κ1) is 30.3. The lowest BCUT2D eigenvalue weighted by Gasteiger charge is -2.33. The van der Waals surface area contributed by atoms with E-state index in [0.717, 1.165) is 42.1 Å². The Kier molecular flexibility index (Phi) is 9.53. The van der Waals surface area contributed by atoms with Crippen molar-refractivity contribution < 1.29 is 19.1 Å². The number of nitrogens with one attached hydrogen (secondary N) is 3. The molecule has 0 radical (unpaired) electrons. The number of piperidine rings is 1. The molecule has 3 amide bonds. The second-order valence-electron chi connectivity index (χ2n) is 12.1. The Morgan fingerprint density at radius 3 is 2.49 bits per heavy atom. The summed E-state index contributed by atoms with van der Waals surface area (Å²) < 4.78 is 5.48. The summed E-state index contributed by atoms with van der Waals surface area (Å²) in [5.41, 5.74) is 1.19. The van der Waals surface area contributed by atoms with Crippen LogP contribution in [0, 0.1) is 17.2 Å². The number of likely N-dealkylation sites (tertiary alicyclic amines) is 1. The molecular formula is C30H40N6O4S. The number of hydrogen-bond donors (Lipinski definition) is 3. The SMILES string of the molecule is CC(CCNC(=O)c1ccc(-c2csc(NC3CCN(C(=O)OC(C)(C)C)CC3)n2)cc1)CC(=O)NC1(C#N)CC1. The third-order valence-corrected chi connectivity index (χ3v) is 7.99. The molecule has 2 aromatic rings. The van der Waals surface area contributed by atoms with Gasteiger partial charge in [0.05, 0.1) is 11.8 Å². The van der Waals surface area contributed by atoms with Crippen LogP contribution < -0.4 is 16.0 Å². The van der Waals surface area contributed by atoms with Gasteiger partial charge in [-0.3, -0.25) is 9.59 Å². The van der Waals surface area contributed by atoms with Crippen molar-refractivity contribution in [3.05, 3.63) is 35.2 Å². The maximum Gasteiger partial charge on any atom is 0.410 e. The summed E-state index contributed by atoms with van der Waals surface area (Å²) in [5.74, 6) is -0.174. The van der Waals surface area contributed by atoms with Gasteiger partial charge in [-0.2, -0.15) is 5.26 Å². The highest BCUT2D eigenvalue weighted by molar-refractivity contribution is 7.14. The van der Waals surface area contributed by atoms with Crippen molar-refractivity contribution >= 4 is 34.4 Å². The minimum atomic E-state index is -0.643. The van der Waals surface area contributed by atoms with Gasteiger partial charge in [0.15, 0.2) is 5.13 Å². The van der Waals surface area contributed by atoms with E-state index in [2.05, 4.69) is 22.0 Å². The van der Waals surface area contributed by atoms with Gasteiger partial charge < -0.3 is 25.6 Å². The predicted octanol–water partition coefficient (Wildman–Crippen LogP) is 4.94. The summed E-state index contributed by atoms with van der Waals surface area (Å²) in [7, 11) is 0. The number of nitriles is 1. The average molecular weight is 581 g/mol. The van der Waals surface area contributed by atoms with Gasteiger partial charge in [0.1, 0.15) is 11.1 Å². The van der Waals surface area contributed by atoms with E-state index in [-0.39, 0.29) is 29.9 Å². The Morgan fingerprint density at radius 2 is 1.88 bits per heavy atom. The van der Waals surface area contributed by atoms with E-state index in [4.69, 9.17) is 15.0 Å². The van der Waals surface area contributed by atoms with Crippen LogP contribution in [0.15, 0.2) is 29.6 Å². The average Bonchev–Trinajstić information content (AvgIpc) is 3.54. The van der Waals surface area contributed by atoms with Crippen LogP contribution in [0.1, 0.15) is 76.6 Å². The maximum atomic E-state index is 12.6. The molecule has 2 aliphatic rings. The normalized spacial score (nSPS) is 17.2. The Morgan fingerprint density at radius 1 is 1.20 bits per heavy atom. The molecule has 2 heterocycles. The van der Waals surface area contributed by atoms with Crippen molar-refractivity contribution in [1.82, 2.24) is 20.5 Å². The lowest BCUT2D eigenvalue weighted by atomic mass is 10.0. The first-order valence-corrected chi connectivity index (χ1v) is 15.1. The largest absolute Gasteiger partial charge is 0.444 e. The lowest BCUT2D eigenvalue weighted by molar-refractivity contribution is -0.122. The number of nitrogens with zero attached hydrogens (tertiary/aromatic N) is 3. The van der Waals surface area contributed by atoms with Gasteiger partial charge in [0.25, 0.3) is 5.91 Å². The molecule has 10 nitrogen and oxygen atoms in total. The number of anilines is 1. The molecule has 0 spiro atoms. The summed E-state index contributed by atoms with van der Waals surface area (Å²) in [6, 6.07) is 9.77. The zero-order chi connectivity index (χ0) is 29.6. The van der Waals surface area contributed by atoms with Crippen LogP contribution in [-0.2, 0) is 9.53 Å². The van der Waals surface area contributed by atoms with Gasteiger partial charge in [0.2, 0.25) is 5.91 Å². The number of benzene rings is 1. The number of rotatable bonds is 10. The minimum absolute atomic E-state index is 0.0946. The molecule has 2 fully saturated rings. The third-order valence-electron chi connectivity index (χ3n) is 7.22. The lowest BCUT2D eigenvalue weighted by Crippen LogP contribution is -2.44. The van der Waals surface area contributed by atoms with E-state index < -0.39 is 11.1 Å². The Hall–Kier alpha value is -3.65. The van der Waals surface area contributed by atoms with E-state index in [1.165, 1.54) is 11.3 Å². The molecule has 1 aromatic heterocycles. The molecule has 11 heteroatoms. The van der Waals surface area contributed by atoms with Crippen LogP contribution in [0.25, 0.3) is 11.3 Å². The first-order chi connectivity index (χ1) is 19.4. The minimum Gasteiger partial charge on any atom is -0.444 e. The number of hydrogen-bond acceptors (Lipinski definition) is 8. The van der Waals surface area contributed by atoms with Crippen molar-refractivity contribution in [1.29, 1.82) is 5.26 Å². The topological polar surface area (TPSA) is 136 Å². The second kappa shape index (κ2) is 12.9. The van der Waals surface area contributed by atoms with E-state index in [1.807, 2.05) is 45.2 Å². The van der Waals surface area contributed by atoms with Crippen molar-refractivity contribution in [2.45, 2.75) is 83.4 Å². The maximum absolute atomic E-state index is 12.6. The molecule has 1 atom stereocenters. The molecule has 1 aliphatic heterocycles. The zero-order valence-corrected chi connectivity index (χ0v) is 25.1. The van der Waals surface area contributed by atoms with E-state index in [1.54, 1.807) is 17.0 Å². The Balaban J connectivity index is 1.18. The van der Waals surface area contributed by atoms with E-state index >= 15 is 0 Å². The molecule has 0 bridgehead atoms. The van der Waals surface area contributed by atoms with Gasteiger partial charge in [-0.1, -0.05) is 19.1 Å². The van der Waals surface area contributed by atoms with Crippen molar-refractivity contribution in [2.24, 2.45) is 5.92 Å². The van der Waals surface area contributed by atoms with Crippen molar-refractivity contribution in [3.63, 3.8) is 0 Å². The number of aromatic nitrogens is 1. The van der Waals surface area contributed by atoms with Gasteiger partial charge >= 0.3 is 6.09 Å². The summed E-state index contributed by atoms with van der Waals surface area (Å²) in [6.07, 6.45) is 3.84. The fourth-order valence-corrected chi connectivity index (χ4v) is 5.43. The summed E-state index contributed by atoms with van der Waals surface area (Å²) >= 11 is 1.54. The molecule has 220 valence electrons. The highest BCUT2D eigenvalue weighted by Gasteiger charge is 2.44. The molecule has 41 heavy (non-hydrogen) atoms. The number of ether oxygens (including phenoxy) is 1. The monoisotopic (exact) mass is 580 g/mol. The molecule has 1 saturated carbocycles. The zero-order valence-electron chi connectivity index (χ0n) is 24.3. The number of carbonyl (C=O) groups excluding carboxylic acids is 3. The van der Waals surface area contributed by atoms with Gasteiger partial charge in [0, 0.05) is 48.6 Å². The smallest absolute Gasteiger partial charge is 0.410 e. The van der Waals surface area contributed by atoms with Crippen LogP contribution in [0.3, 0.4) is 0 Å². The fourth-order valence-electron chi connectivity index (χ4n) is 4.63. The number of carbonyl (C=O) groups is 3. The fraction of sp³-hybridized carbons (Fsp3) is 0.567. The highest BCUT2D eigenvalue weighted by atomic mass is 32.1. The molecule has 1 saturated heterocycles.